The Labute approximate surface area is 180 Å². The van der Waals surface area contributed by atoms with E-state index in [2.05, 4.69) is 19.9 Å². The van der Waals surface area contributed by atoms with Crippen molar-refractivity contribution < 1.29 is 4.79 Å². The van der Waals surface area contributed by atoms with Crippen LogP contribution in [0.5, 0.6) is 0 Å². The van der Waals surface area contributed by atoms with Crippen molar-refractivity contribution in [1.29, 1.82) is 0 Å². The summed E-state index contributed by atoms with van der Waals surface area (Å²) in [5, 5.41) is 0. The summed E-state index contributed by atoms with van der Waals surface area (Å²) in [6, 6.07) is 13.7. The lowest BCUT2D eigenvalue weighted by molar-refractivity contribution is 0.0746. The van der Waals surface area contributed by atoms with Crippen molar-refractivity contribution in [3.05, 3.63) is 85.0 Å². The van der Waals surface area contributed by atoms with Crippen molar-refractivity contribution in [3.8, 4) is 11.5 Å². The van der Waals surface area contributed by atoms with Crippen LogP contribution in [0.15, 0.2) is 73.6 Å². The van der Waals surface area contributed by atoms with E-state index in [0.717, 1.165) is 30.4 Å². The zero-order valence-electron chi connectivity index (χ0n) is 17.3. The number of carbonyl (C=O) groups excluding carboxylic acids is 1. The first-order chi connectivity index (χ1) is 15.2. The van der Waals surface area contributed by atoms with Crippen molar-refractivity contribution >= 4 is 11.7 Å². The SMILES string of the molecule is Cc1nc(N2CCN(C(=O)c3ccc(-n4cccc4)cc3)CC2)cc(-n2ccnc2)n1. The van der Waals surface area contributed by atoms with E-state index < -0.39 is 0 Å². The van der Waals surface area contributed by atoms with Gasteiger partial charge in [-0.2, -0.15) is 0 Å². The Kier molecular flexibility index (Phi) is 4.95. The molecular formula is C23H23N7O. The van der Waals surface area contributed by atoms with Crippen molar-refractivity contribution in [2.75, 3.05) is 31.1 Å². The molecule has 1 aromatic carbocycles. The summed E-state index contributed by atoms with van der Waals surface area (Å²) in [7, 11) is 0. The van der Waals surface area contributed by atoms with Crippen molar-refractivity contribution in [2.45, 2.75) is 6.92 Å². The first-order valence-electron chi connectivity index (χ1n) is 10.3. The van der Waals surface area contributed by atoms with Crippen LogP contribution in [0.25, 0.3) is 11.5 Å². The molecule has 0 spiro atoms. The third kappa shape index (κ3) is 3.92. The average molecular weight is 413 g/mol. The van der Waals surface area contributed by atoms with Gasteiger partial charge < -0.3 is 14.4 Å². The summed E-state index contributed by atoms with van der Waals surface area (Å²) in [6.45, 7) is 4.66. The van der Waals surface area contributed by atoms with Crippen LogP contribution >= 0.6 is 0 Å². The fraction of sp³-hybridized carbons (Fsp3) is 0.217. The standard InChI is InChI=1S/C23H23N7O/c1-18-25-21(16-22(26-18)30-11-8-24-17-30)28-12-14-29(15-13-28)23(31)19-4-6-20(7-5-19)27-9-2-3-10-27/h2-11,16-17H,12-15H2,1H3. The van der Waals surface area contributed by atoms with Crippen molar-refractivity contribution in [1.82, 2.24) is 29.0 Å². The summed E-state index contributed by atoms with van der Waals surface area (Å²) in [4.78, 5) is 30.3. The molecule has 3 aromatic heterocycles. The van der Waals surface area contributed by atoms with Crippen LogP contribution in [0.1, 0.15) is 16.2 Å². The maximum absolute atomic E-state index is 13.0. The van der Waals surface area contributed by atoms with E-state index in [1.165, 1.54) is 0 Å². The van der Waals surface area contributed by atoms with Gasteiger partial charge in [-0.1, -0.05) is 0 Å². The van der Waals surface area contributed by atoms with Crippen molar-refractivity contribution in [3.63, 3.8) is 0 Å². The predicted octanol–water partition coefficient (Wildman–Crippen LogP) is 2.72. The molecule has 8 nitrogen and oxygen atoms in total. The molecule has 1 fully saturated rings. The number of benzene rings is 1. The summed E-state index contributed by atoms with van der Waals surface area (Å²) in [5.74, 6) is 2.44. The number of hydrogen-bond acceptors (Lipinski definition) is 5. The van der Waals surface area contributed by atoms with E-state index in [9.17, 15) is 4.79 Å². The van der Waals surface area contributed by atoms with Crippen LogP contribution < -0.4 is 4.90 Å². The predicted molar refractivity (Wildman–Crippen MR) is 118 cm³/mol. The zero-order valence-corrected chi connectivity index (χ0v) is 17.3. The van der Waals surface area contributed by atoms with Gasteiger partial charge in [-0.15, -0.1) is 0 Å². The number of aryl methyl sites for hydroxylation is 1. The molecule has 0 N–H and O–H groups in total. The molecule has 31 heavy (non-hydrogen) atoms. The minimum Gasteiger partial charge on any atom is -0.353 e. The normalized spacial score (nSPS) is 14.1. The molecule has 1 amide bonds. The quantitative estimate of drug-likeness (QED) is 0.514. The minimum absolute atomic E-state index is 0.0664. The van der Waals surface area contributed by atoms with Gasteiger partial charge in [0.25, 0.3) is 5.91 Å². The number of piperazine rings is 1. The van der Waals surface area contributed by atoms with E-state index in [1.807, 2.05) is 82.0 Å². The lowest BCUT2D eigenvalue weighted by Gasteiger charge is -2.35. The molecule has 0 bridgehead atoms. The van der Waals surface area contributed by atoms with Crippen LogP contribution in [-0.4, -0.2) is 61.1 Å². The third-order valence-electron chi connectivity index (χ3n) is 5.49. The molecule has 4 heterocycles. The molecule has 8 heteroatoms. The van der Waals surface area contributed by atoms with Gasteiger partial charge in [0.1, 0.15) is 23.8 Å². The molecule has 1 aliphatic heterocycles. The molecule has 4 aromatic rings. The highest BCUT2D eigenvalue weighted by Crippen LogP contribution is 2.19. The summed E-state index contributed by atoms with van der Waals surface area (Å²) in [6.07, 6.45) is 9.30. The zero-order chi connectivity index (χ0) is 21.2. The monoisotopic (exact) mass is 413 g/mol. The van der Waals surface area contributed by atoms with Crippen LogP contribution in [-0.2, 0) is 0 Å². The molecule has 156 valence electrons. The van der Waals surface area contributed by atoms with Gasteiger partial charge in [0, 0.05) is 68.3 Å². The van der Waals surface area contributed by atoms with E-state index in [1.54, 1.807) is 12.5 Å². The van der Waals surface area contributed by atoms with E-state index in [4.69, 9.17) is 0 Å². The molecule has 0 radical (unpaired) electrons. The maximum atomic E-state index is 13.0. The number of carbonyl (C=O) groups is 1. The topological polar surface area (TPSA) is 72.1 Å². The maximum Gasteiger partial charge on any atom is 0.253 e. The number of aromatic nitrogens is 5. The Morgan fingerprint density at radius 1 is 0.871 bits per heavy atom. The highest BCUT2D eigenvalue weighted by Gasteiger charge is 2.23. The molecule has 5 rings (SSSR count). The van der Waals surface area contributed by atoms with Gasteiger partial charge in [0.15, 0.2) is 0 Å². The second-order valence-corrected chi connectivity index (χ2v) is 7.52. The Morgan fingerprint density at radius 3 is 2.26 bits per heavy atom. The second kappa shape index (κ2) is 8.06. The summed E-state index contributed by atoms with van der Waals surface area (Å²) >= 11 is 0. The molecule has 0 unspecified atom stereocenters. The molecule has 1 saturated heterocycles. The van der Waals surface area contributed by atoms with Crippen LogP contribution in [0.3, 0.4) is 0 Å². The molecule has 1 aliphatic rings. The number of amides is 1. The van der Waals surface area contributed by atoms with E-state index in [-0.39, 0.29) is 5.91 Å². The lowest BCUT2D eigenvalue weighted by atomic mass is 10.1. The summed E-state index contributed by atoms with van der Waals surface area (Å²) in [5.41, 5.74) is 1.75. The lowest BCUT2D eigenvalue weighted by Crippen LogP contribution is -2.49. The van der Waals surface area contributed by atoms with Crippen LogP contribution in [0, 0.1) is 6.92 Å². The number of anilines is 1. The van der Waals surface area contributed by atoms with Gasteiger partial charge in [0.2, 0.25) is 0 Å². The summed E-state index contributed by atoms with van der Waals surface area (Å²) < 4.78 is 3.89. The number of imidazole rings is 1. The smallest absolute Gasteiger partial charge is 0.253 e. The van der Waals surface area contributed by atoms with Gasteiger partial charge in [-0.3, -0.25) is 9.36 Å². The number of rotatable bonds is 4. The highest BCUT2D eigenvalue weighted by molar-refractivity contribution is 5.94. The van der Waals surface area contributed by atoms with Gasteiger partial charge in [-0.05, 0) is 43.3 Å². The molecule has 0 saturated carbocycles. The number of nitrogens with zero attached hydrogens (tertiary/aromatic N) is 7. The highest BCUT2D eigenvalue weighted by atomic mass is 16.2. The number of hydrogen-bond donors (Lipinski definition) is 0. The Morgan fingerprint density at radius 2 is 1.58 bits per heavy atom. The van der Waals surface area contributed by atoms with Crippen LogP contribution in [0.4, 0.5) is 5.82 Å². The van der Waals surface area contributed by atoms with Gasteiger partial charge in [0.05, 0.1) is 0 Å². The van der Waals surface area contributed by atoms with E-state index in [0.29, 0.717) is 24.5 Å². The van der Waals surface area contributed by atoms with Gasteiger partial charge in [-0.25, -0.2) is 15.0 Å². The Bertz CT molecular complexity index is 1160. The Hall–Kier alpha value is -3.94. The average Bonchev–Trinajstić information content (AvgIpc) is 3.53. The van der Waals surface area contributed by atoms with Crippen molar-refractivity contribution in [2.24, 2.45) is 0 Å². The fourth-order valence-corrected chi connectivity index (χ4v) is 3.83. The molecular weight excluding hydrogens is 390 g/mol. The second-order valence-electron chi connectivity index (χ2n) is 7.52. The van der Waals surface area contributed by atoms with Gasteiger partial charge >= 0.3 is 0 Å². The third-order valence-corrected chi connectivity index (χ3v) is 5.49. The van der Waals surface area contributed by atoms with E-state index >= 15 is 0 Å². The molecule has 0 aliphatic carbocycles. The molecule has 0 atom stereocenters. The largest absolute Gasteiger partial charge is 0.353 e. The minimum atomic E-state index is 0.0664. The first-order valence-corrected chi connectivity index (χ1v) is 10.3. The first kappa shape index (κ1) is 19.0. The van der Waals surface area contributed by atoms with Crippen LogP contribution in [0.2, 0.25) is 0 Å². The Balaban J connectivity index is 1.26. The fourth-order valence-electron chi connectivity index (χ4n) is 3.83.